The van der Waals surface area contributed by atoms with E-state index in [-0.39, 0.29) is 17.8 Å². The van der Waals surface area contributed by atoms with Crippen LogP contribution < -0.4 is 10.1 Å². The Bertz CT molecular complexity index is 697. The van der Waals surface area contributed by atoms with Crippen LogP contribution in [0.5, 0.6) is 5.88 Å². The Kier molecular flexibility index (Phi) is 4.52. The zero-order chi connectivity index (χ0) is 16.2. The van der Waals surface area contributed by atoms with Crippen LogP contribution in [-0.4, -0.2) is 30.2 Å². The quantitative estimate of drug-likeness (QED) is 0.942. The number of pyridine rings is 1. The molecule has 2 heterocycles. The van der Waals surface area contributed by atoms with Crippen LogP contribution in [0.2, 0.25) is 0 Å². The maximum Gasteiger partial charge on any atom is 0.257 e. The lowest BCUT2D eigenvalue weighted by Gasteiger charge is -2.11. The third-order valence-corrected chi connectivity index (χ3v) is 3.60. The number of hydrogen-bond donors (Lipinski definition) is 1. The molecule has 120 valence electrons. The molecule has 5 nitrogen and oxygen atoms in total. The average Bonchev–Trinajstić information content (AvgIpc) is 3.04. The molecule has 1 saturated heterocycles. The van der Waals surface area contributed by atoms with E-state index in [0.29, 0.717) is 35.9 Å². The van der Waals surface area contributed by atoms with Gasteiger partial charge >= 0.3 is 0 Å². The summed E-state index contributed by atoms with van der Waals surface area (Å²) in [6.45, 7) is 2.92. The number of carbonyl (C=O) groups is 1. The first-order valence-electron chi connectivity index (χ1n) is 7.40. The van der Waals surface area contributed by atoms with Gasteiger partial charge in [0.05, 0.1) is 18.8 Å². The fourth-order valence-electron chi connectivity index (χ4n) is 2.23. The highest BCUT2D eigenvalue weighted by molar-refractivity contribution is 6.04. The molecular weight excluding hydrogens is 299 g/mol. The fraction of sp³-hybridized carbons (Fsp3) is 0.294. The molecule has 1 aliphatic rings. The van der Waals surface area contributed by atoms with E-state index in [0.717, 1.165) is 6.42 Å². The molecule has 23 heavy (non-hydrogen) atoms. The molecule has 0 aliphatic carbocycles. The Morgan fingerprint density at radius 1 is 1.39 bits per heavy atom. The number of halogens is 1. The number of anilines is 1. The Labute approximate surface area is 133 Å². The molecule has 0 radical (unpaired) electrons. The summed E-state index contributed by atoms with van der Waals surface area (Å²) in [7, 11) is 0. The maximum absolute atomic E-state index is 13.5. The number of carbonyl (C=O) groups excluding carboxylic acids is 1. The van der Waals surface area contributed by atoms with E-state index >= 15 is 0 Å². The molecule has 1 fully saturated rings. The van der Waals surface area contributed by atoms with E-state index in [1.165, 1.54) is 12.3 Å². The number of aromatic nitrogens is 1. The van der Waals surface area contributed by atoms with Gasteiger partial charge in [0.1, 0.15) is 11.9 Å². The first-order valence-corrected chi connectivity index (χ1v) is 7.40. The van der Waals surface area contributed by atoms with E-state index < -0.39 is 0 Å². The van der Waals surface area contributed by atoms with Crippen LogP contribution in [0.3, 0.4) is 0 Å². The number of aryl methyl sites for hydroxylation is 1. The van der Waals surface area contributed by atoms with Crippen LogP contribution >= 0.6 is 0 Å². The van der Waals surface area contributed by atoms with Gasteiger partial charge in [-0.1, -0.05) is 6.07 Å². The molecule has 1 aromatic carbocycles. The molecule has 2 aromatic rings. The molecule has 6 heteroatoms. The van der Waals surface area contributed by atoms with E-state index in [4.69, 9.17) is 9.47 Å². The van der Waals surface area contributed by atoms with Crippen molar-refractivity contribution in [3.63, 3.8) is 0 Å². The van der Waals surface area contributed by atoms with E-state index in [1.807, 2.05) is 0 Å². The number of rotatable bonds is 4. The van der Waals surface area contributed by atoms with E-state index in [2.05, 4.69) is 10.3 Å². The van der Waals surface area contributed by atoms with Crippen LogP contribution in [0.15, 0.2) is 36.5 Å². The van der Waals surface area contributed by atoms with Gasteiger partial charge in [0.2, 0.25) is 5.88 Å². The van der Waals surface area contributed by atoms with Crippen molar-refractivity contribution in [3.8, 4) is 5.88 Å². The van der Waals surface area contributed by atoms with Crippen molar-refractivity contribution in [1.29, 1.82) is 0 Å². The predicted octanol–water partition coefficient (Wildman–Crippen LogP) is 2.95. The predicted molar refractivity (Wildman–Crippen MR) is 83.2 cm³/mol. The van der Waals surface area contributed by atoms with Crippen molar-refractivity contribution < 1.29 is 18.7 Å². The van der Waals surface area contributed by atoms with Crippen molar-refractivity contribution in [2.45, 2.75) is 19.4 Å². The van der Waals surface area contributed by atoms with Crippen LogP contribution in [-0.2, 0) is 4.74 Å². The minimum absolute atomic E-state index is 0.0118. The maximum atomic E-state index is 13.5. The summed E-state index contributed by atoms with van der Waals surface area (Å²) < 4.78 is 24.4. The Morgan fingerprint density at radius 2 is 2.26 bits per heavy atom. The number of benzene rings is 1. The van der Waals surface area contributed by atoms with Crippen molar-refractivity contribution in [3.05, 3.63) is 53.5 Å². The number of nitrogens with zero attached hydrogens (tertiary/aromatic N) is 1. The largest absolute Gasteiger partial charge is 0.472 e. The first-order chi connectivity index (χ1) is 11.1. The molecule has 1 atom stereocenters. The van der Waals surface area contributed by atoms with E-state index in [9.17, 15) is 9.18 Å². The van der Waals surface area contributed by atoms with Crippen molar-refractivity contribution in [2.75, 3.05) is 18.5 Å². The lowest BCUT2D eigenvalue weighted by Crippen LogP contribution is -2.17. The second kappa shape index (κ2) is 6.75. The molecule has 3 rings (SSSR count). The van der Waals surface area contributed by atoms with Crippen LogP contribution in [0, 0.1) is 12.7 Å². The van der Waals surface area contributed by atoms with Crippen LogP contribution in [0.1, 0.15) is 22.3 Å². The topological polar surface area (TPSA) is 60.5 Å². The third-order valence-electron chi connectivity index (χ3n) is 3.60. The second-order valence-corrected chi connectivity index (χ2v) is 5.41. The monoisotopic (exact) mass is 316 g/mol. The summed E-state index contributed by atoms with van der Waals surface area (Å²) in [6.07, 6.45) is 2.28. The third kappa shape index (κ3) is 3.84. The number of ether oxygens (including phenoxy) is 2. The summed E-state index contributed by atoms with van der Waals surface area (Å²) in [5, 5.41) is 2.64. The Balaban J connectivity index is 1.63. The fourth-order valence-corrected chi connectivity index (χ4v) is 2.23. The number of nitrogens with one attached hydrogen (secondary N) is 1. The molecule has 0 saturated carbocycles. The van der Waals surface area contributed by atoms with Crippen LogP contribution in [0.4, 0.5) is 10.1 Å². The highest BCUT2D eigenvalue weighted by atomic mass is 19.1. The van der Waals surface area contributed by atoms with Gasteiger partial charge in [0.15, 0.2) is 0 Å². The lowest BCUT2D eigenvalue weighted by molar-refractivity contribution is 0.102. The molecule has 1 amide bonds. The van der Waals surface area contributed by atoms with Gasteiger partial charge in [-0.05, 0) is 30.7 Å². The summed E-state index contributed by atoms with van der Waals surface area (Å²) >= 11 is 0. The first kappa shape index (κ1) is 15.4. The zero-order valence-corrected chi connectivity index (χ0v) is 12.7. The molecule has 1 N–H and O–H groups in total. The molecule has 0 bridgehead atoms. The SMILES string of the molecule is Cc1ccc(NC(=O)c2ccc(O[C@@H]3CCOC3)nc2)cc1F. The van der Waals surface area contributed by atoms with Crippen molar-refractivity contribution in [2.24, 2.45) is 0 Å². The Hall–Kier alpha value is -2.47. The average molecular weight is 316 g/mol. The Morgan fingerprint density at radius 3 is 2.91 bits per heavy atom. The van der Waals surface area contributed by atoms with Crippen molar-refractivity contribution in [1.82, 2.24) is 4.98 Å². The number of hydrogen-bond acceptors (Lipinski definition) is 4. The van der Waals surface area contributed by atoms with E-state index in [1.54, 1.807) is 31.2 Å². The summed E-state index contributed by atoms with van der Waals surface area (Å²) in [5.41, 5.74) is 1.31. The smallest absolute Gasteiger partial charge is 0.257 e. The number of amides is 1. The van der Waals surface area contributed by atoms with Gasteiger partial charge in [0, 0.05) is 24.4 Å². The molecule has 0 unspecified atom stereocenters. The highest BCUT2D eigenvalue weighted by Crippen LogP contribution is 2.17. The lowest BCUT2D eigenvalue weighted by atomic mass is 10.2. The van der Waals surface area contributed by atoms with Gasteiger partial charge in [-0.2, -0.15) is 0 Å². The van der Waals surface area contributed by atoms with Crippen LogP contribution in [0.25, 0.3) is 0 Å². The summed E-state index contributed by atoms with van der Waals surface area (Å²) in [5.74, 6) is -0.251. The zero-order valence-electron chi connectivity index (χ0n) is 12.7. The van der Waals surface area contributed by atoms with Gasteiger partial charge in [-0.25, -0.2) is 9.37 Å². The highest BCUT2D eigenvalue weighted by Gasteiger charge is 2.18. The molecule has 1 aliphatic heterocycles. The molecular formula is C17H17FN2O3. The standard InChI is InChI=1S/C17H17FN2O3/c1-11-2-4-13(8-15(11)18)20-17(21)12-3-5-16(19-9-12)23-14-6-7-22-10-14/h2-5,8-9,14H,6-7,10H2,1H3,(H,20,21)/t14-/m1/s1. The molecule has 0 spiro atoms. The van der Waals surface area contributed by atoms with Gasteiger partial charge in [-0.15, -0.1) is 0 Å². The minimum atomic E-state index is -0.358. The van der Waals surface area contributed by atoms with Crippen molar-refractivity contribution >= 4 is 11.6 Å². The summed E-state index contributed by atoms with van der Waals surface area (Å²) in [6, 6.07) is 7.82. The van der Waals surface area contributed by atoms with Gasteiger partial charge in [-0.3, -0.25) is 4.79 Å². The molecule has 1 aromatic heterocycles. The normalized spacial score (nSPS) is 17.0. The summed E-state index contributed by atoms with van der Waals surface area (Å²) in [4.78, 5) is 16.3. The van der Waals surface area contributed by atoms with Gasteiger partial charge in [0.25, 0.3) is 5.91 Å². The minimum Gasteiger partial charge on any atom is -0.472 e. The van der Waals surface area contributed by atoms with Gasteiger partial charge < -0.3 is 14.8 Å². The second-order valence-electron chi connectivity index (χ2n) is 5.41.